The summed E-state index contributed by atoms with van der Waals surface area (Å²) in [7, 11) is 0. The number of thiazole rings is 1. The number of ether oxygens (including phenoxy) is 1. The Kier molecular flexibility index (Phi) is 5.55. The summed E-state index contributed by atoms with van der Waals surface area (Å²) in [5.74, 6) is -1.65. The van der Waals surface area contributed by atoms with Crippen LogP contribution in [0, 0.1) is 0 Å². The van der Waals surface area contributed by atoms with Crippen molar-refractivity contribution in [1.29, 1.82) is 0 Å². The van der Waals surface area contributed by atoms with Gasteiger partial charge in [-0.15, -0.1) is 11.3 Å². The molecule has 1 aromatic heterocycles. The average molecular weight is 387 g/mol. The van der Waals surface area contributed by atoms with Gasteiger partial charge in [0.15, 0.2) is 5.13 Å². The van der Waals surface area contributed by atoms with Crippen LogP contribution >= 0.6 is 11.3 Å². The molecule has 0 bridgehead atoms. The van der Waals surface area contributed by atoms with Gasteiger partial charge in [-0.05, 0) is 38.0 Å². The summed E-state index contributed by atoms with van der Waals surface area (Å²) >= 11 is 1.24. The van der Waals surface area contributed by atoms with Crippen LogP contribution in [0.1, 0.15) is 32.8 Å². The minimum absolute atomic E-state index is 0.117. The van der Waals surface area contributed by atoms with E-state index in [1.807, 2.05) is 42.3 Å². The maximum absolute atomic E-state index is 12.2. The molecule has 1 N–H and O–H groups in total. The summed E-state index contributed by atoms with van der Waals surface area (Å²) in [4.78, 5) is 41.5. The number of fused-ring (bicyclic) bond motifs is 1. The largest absolute Gasteiger partial charge is 0.459 e. The van der Waals surface area contributed by atoms with Gasteiger partial charge in [0.2, 0.25) is 5.91 Å². The van der Waals surface area contributed by atoms with E-state index in [-0.39, 0.29) is 18.6 Å². The fraction of sp³-hybridized carbons (Fsp3) is 0.368. The zero-order valence-electron chi connectivity index (χ0n) is 15.4. The number of benzene rings is 1. The van der Waals surface area contributed by atoms with Gasteiger partial charge in [-0.3, -0.25) is 14.9 Å². The first kappa shape index (κ1) is 19.0. The lowest BCUT2D eigenvalue weighted by Crippen LogP contribution is -2.35. The molecule has 2 amide bonds. The molecule has 142 valence electrons. The molecule has 2 aromatic rings. The van der Waals surface area contributed by atoms with Gasteiger partial charge < -0.3 is 9.64 Å². The van der Waals surface area contributed by atoms with Crippen molar-refractivity contribution in [3.05, 3.63) is 29.1 Å². The molecule has 1 unspecified atom stereocenters. The van der Waals surface area contributed by atoms with Crippen LogP contribution in [0.25, 0.3) is 11.3 Å². The Morgan fingerprint density at radius 3 is 2.81 bits per heavy atom. The normalized spacial score (nSPS) is 15.4. The Balaban J connectivity index is 1.78. The van der Waals surface area contributed by atoms with E-state index < -0.39 is 11.9 Å². The average Bonchev–Trinajstić information content (AvgIpc) is 3.24. The number of hydrogen-bond acceptors (Lipinski definition) is 6. The van der Waals surface area contributed by atoms with Gasteiger partial charge in [-0.1, -0.05) is 13.0 Å². The molecule has 27 heavy (non-hydrogen) atoms. The lowest BCUT2D eigenvalue weighted by Gasteiger charge is -2.22. The van der Waals surface area contributed by atoms with Crippen LogP contribution in [-0.2, 0) is 25.5 Å². The fourth-order valence-corrected chi connectivity index (χ4v) is 3.86. The summed E-state index contributed by atoms with van der Waals surface area (Å²) in [6, 6.07) is 6.02. The number of hydrogen-bond donors (Lipinski definition) is 1. The van der Waals surface area contributed by atoms with E-state index in [1.54, 1.807) is 6.92 Å². The van der Waals surface area contributed by atoms with Crippen LogP contribution in [0.4, 0.5) is 10.8 Å². The Morgan fingerprint density at radius 2 is 2.11 bits per heavy atom. The number of esters is 1. The van der Waals surface area contributed by atoms with Gasteiger partial charge in [-0.2, -0.15) is 0 Å². The molecule has 1 aliphatic rings. The van der Waals surface area contributed by atoms with Crippen molar-refractivity contribution in [2.45, 2.75) is 39.7 Å². The van der Waals surface area contributed by atoms with Gasteiger partial charge in [0.1, 0.15) is 0 Å². The van der Waals surface area contributed by atoms with Gasteiger partial charge in [-0.25, -0.2) is 9.78 Å². The highest BCUT2D eigenvalue weighted by atomic mass is 32.1. The first-order chi connectivity index (χ1) is 12.9. The molecular formula is C19H21N3O4S. The van der Waals surface area contributed by atoms with Gasteiger partial charge in [0.25, 0.3) is 0 Å². The van der Waals surface area contributed by atoms with E-state index in [2.05, 4.69) is 15.0 Å². The van der Waals surface area contributed by atoms with Gasteiger partial charge >= 0.3 is 11.9 Å². The highest BCUT2D eigenvalue weighted by molar-refractivity contribution is 7.14. The summed E-state index contributed by atoms with van der Waals surface area (Å²) < 4.78 is 4.66. The van der Waals surface area contributed by atoms with Crippen molar-refractivity contribution in [2.75, 3.05) is 16.8 Å². The second-order valence-electron chi connectivity index (χ2n) is 6.23. The SMILES string of the molecule is CCOC(=O)C(=O)Nc1nc(-c2ccc3c(c2)CC(C)N3C(=O)CC)cs1. The van der Waals surface area contributed by atoms with E-state index in [1.165, 1.54) is 11.3 Å². The Labute approximate surface area is 161 Å². The molecule has 0 radical (unpaired) electrons. The van der Waals surface area contributed by atoms with Crippen molar-refractivity contribution in [2.24, 2.45) is 0 Å². The van der Waals surface area contributed by atoms with Crippen molar-refractivity contribution in [3.8, 4) is 11.3 Å². The highest BCUT2D eigenvalue weighted by Gasteiger charge is 2.30. The number of aromatic nitrogens is 1. The van der Waals surface area contributed by atoms with Crippen molar-refractivity contribution < 1.29 is 19.1 Å². The molecule has 0 aliphatic carbocycles. The molecule has 7 nitrogen and oxygen atoms in total. The predicted molar refractivity (Wildman–Crippen MR) is 104 cm³/mol. The Bertz CT molecular complexity index is 893. The number of carbonyl (C=O) groups is 3. The maximum atomic E-state index is 12.2. The molecule has 0 saturated carbocycles. The summed E-state index contributed by atoms with van der Waals surface area (Å²) in [6.45, 7) is 5.68. The summed E-state index contributed by atoms with van der Waals surface area (Å²) in [5.41, 5.74) is 3.66. The molecule has 1 aliphatic heterocycles. The van der Waals surface area contributed by atoms with Gasteiger partial charge in [0, 0.05) is 29.1 Å². The number of rotatable bonds is 4. The van der Waals surface area contributed by atoms with E-state index in [9.17, 15) is 14.4 Å². The highest BCUT2D eigenvalue weighted by Crippen LogP contribution is 2.36. The number of anilines is 2. The van der Waals surface area contributed by atoms with Crippen LogP contribution in [0.5, 0.6) is 0 Å². The van der Waals surface area contributed by atoms with E-state index >= 15 is 0 Å². The van der Waals surface area contributed by atoms with Crippen LogP contribution in [0.3, 0.4) is 0 Å². The Morgan fingerprint density at radius 1 is 1.33 bits per heavy atom. The van der Waals surface area contributed by atoms with Crippen LogP contribution in [0.15, 0.2) is 23.6 Å². The molecular weight excluding hydrogens is 366 g/mol. The standard InChI is InChI=1S/C19H21N3O4S/c1-4-16(23)22-11(3)8-13-9-12(6-7-15(13)22)14-10-27-19(20-14)21-17(24)18(25)26-5-2/h6-7,9-11H,4-5,8H2,1-3H3,(H,20,21,24). The van der Waals surface area contributed by atoms with Crippen molar-refractivity contribution >= 4 is 39.9 Å². The third-order valence-corrected chi connectivity index (χ3v) is 5.11. The fourth-order valence-electron chi connectivity index (χ4n) is 3.15. The molecule has 0 fully saturated rings. The quantitative estimate of drug-likeness (QED) is 0.644. The van der Waals surface area contributed by atoms with E-state index in [0.717, 1.165) is 23.2 Å². The lowest BCUT2D eigenvalue weighted by molar-refractivity contribution is -0.152. The first-order valence-corrected chi connectivity index (χ1v) is 9.71. The smallest absolute Gasteiger partial charge is 0.397 e. The molecule has 3 rings (SSSR count). The van der Waals surface area contributed by atoms with Crippen LogP contribution < -0.4 is 10.2 Å². The zero-order chi connectivity index (χ0) is 19.6. The molecule has 1 aromatic carbocycles. The number of amides is 2. The van der Waals surface area contributed by atoms with Crippen molar-refractivity contribution in [1.82, 2.24) is 4.98 Å². The minimum atomic E-state index is -0.929. The third kappa shape index (κ3) is 3.85. The van der Waals surface area contributed by atoms with Gasteiger partial charge in [0.05, 0.1) is 12.3 Å². The lowest BCUT2D eigenvalue weighted by atomic mass is 10.1. The van der Waals surface area contributed by atoms with Crippen LogP contribution in [-0.4, -0.2) is 35.4 Å². The third-order valence-electron chi connectivity index (χ3n) is 4.35. The second kappa shape index (κ2) is 7.87. The van der Waals surface area contributed by atoms with E-state index in [0.29, 0.717) is 17.2 Å². The second-order valence-corrected chi connectivity index (χ2v) is 7.08. The number of carbonyl (C=O) groups excluding carboxylic acids is 3. The molecule has 1 atom stereocenters. The summed E-state index contributed by atoms with van der Waals surface area (Å²) in [6.07, 6.45) is 1.27. The van der Waals surface area contributed by atoms with E-state index in [4.69, 9.17) is 0 Å². The summed E-state index contributed by atoms with van der Waals surface area (Å²) in [5, 5.41) is 4.60. The number of nitrogens with zero attached hydrogens (tertiary/aromatic N) is 2. The van der Waals surface area contributed by atoms with Crippen LogP contribution in [0.2, 0.25) is 0 Å². The molecule has 8 heteroatoms. The monoisotopic (exact) mass is 387 g/mol. The Hall–Kier alpha value is -2.74. The molecule has 2 heterocycles. The minimum Gasteiger partial charge on any atom is -0.459 e. The van der Waals surface area contributed by atoms with Crippen molar-refractivity contribution in [3.63, 3.8) is 0 Å². The first-order valence-electron chi connectivity index (χ1n) is 8.83. The zero-order valence-corrected chi connectivity index (χ0v) is 16.3. The predicted octanol–water partition coefficient (Wildman–Crippen LogP) is 3.00. The maximum Gasteiger partial charge on any atom is 0.397 e. The topological polar surface area (TPSA) is 88.6 Å². The molecule has 0 spiro atoms. The number of nitrogens with one attached hydrogen (secondary N) is 1. The molecule has 0 saturated heterocycles.